The summed E-state index contributed by atoms with van der Waals surface area (Å²) >= 11 is 0. The molecule has 0 radical (unpaired) electrons. The molecule has 0 saturated heterocycles. The van der Waals surface area contributed by atoms with Crippen LogP contribution >= 0.6 is 0 Å². The molecule has 8 heteroatoms. The van der Waals surface area contributed by atoms with Gasteiger partial charge in [-0.05, 0) is 37.3 Å². The van der Waals surface area contributed by atoms with Crippen molar-refractivity contribution in [3.63, 3.8) is 0 Å². The molecule has 8 nitrogen and oxygen atoms in total. The highest BCUT2D eigenvalue weighted by Crippen LogP contribution is 2.25. The zero-order chi connectivity index (χ0) is 21.6. The zero-order valence-electron chi connectivity index (χ0n) is 17.2. The minimum absolute atomic E-state index is 0.236. The standard InChI is InChI=1S/C23H22N4O4/c1-16-8-10-17(11-9-16)21-25-23(31-14-13-29-2)26-27(21)19-6-3-5-18(15-19)24-22(28)20-7-4-12-30-20/h3-12,15H,13-14H2,1-2H3,(H,24,28). The van der Waals surface area contributed by atoms with Gasteiger partial charge in [0.2, 0.25) is 0 Å². The van der Waals surface area contributed by atoms with Crippen LogP contribution in [-0.4, -0.2) is 41.0 Å². The van der Waals surface area contributed by atoms with Gasteiger partial charge >= 0.3 is 6.01 Å². The van der Waals surface area contributed by atoms with Crippen LogP contribution < -0.4 is 10.1 Å². The maximum atomic E-state index is 12.3. The molecule has 0 aliphatic carbocycles. The molecule has 0 atom stereocenters. The Morgan fingerprint density at radius 1 is 1.10 bits per heavy atom. The van der Waals surface area contributed by atoms with Gasteiger partial charge in [-0.2, -0.15) is 4.98 Å². The second-order valence-electron chi connectivity index (χ2n) is 6.82. The van der Waals surface area contributed by atoms with Crippen LogP contribution in [0, 0.1) is 6.92 Å². The first-order chi connectivity index (χ1) is 15.1. The Kier molecular flexibility index (Phi) is 6.09. The van der Waals surface area contributed by atoms with Crippen LogP contribution in [0.4, 0.5) is 5.69 Å². The van der Waals surface area contributed by atoms with Gasteiger partial charge in [0.25, 0.3) is 5.91 Å². The summed E-state index contributed by atoms with van der Waals surface area (Å²) < 4.78 is 17.5. The quantitative estimate of drug-likeness (QED) is 0.433. The van der Waals surface area contributed by atoms with E-state index in [4.69, 9.17) is 13.9 Å². The molecule has 0 saturated carbocycles. The lowest BCUT2D eigenvalue weighted by atomic mass is 10.1. The molecule has 1 amide bonds. The Morgan fingerprint density at radius 2 is 1.94 bits per heavy atom. The SMILES string of the molecule is COCCOc1nc(-c2ccc(C)cc2)n(-c2cccc(NC(=O)c3ccco3)c2)n1. The molecule has 4 rings (SSSR count). The van der Waals surface area contributed by atoms with Crippen molar-refractivity contribution in [1.29, 1.82) is 0 Å². The van der Waals surface area contributed by atoms with Gasteiger partial charge in [0.1, 0.15) is 6.61 Å². The smallest absolute Gasteiger partial charge is 0.336 e. The molecule has 1 N–H and O–H groups in total. The van der Waals surface area contributed by atoms with E-state index in [0.29, 0.717) is 24.7 Å². The van der Waals surface area contributed by atoms with E-state index in [1.165, 1.54) is 6.26 Å². The summed E-state index contributed by atoms with van der Waals surface area (Å²) in [5, 5.41) is 7.35. The predicted octanol–water partition coefficient (Wildman–Crippen LogP) is 4.11. The molecule has 31 heavy (non-hydrogen) atoms. The lowest BCUT2D eigenvalue weighted by molar-refractivity contribution is 0.0996. The highest BCUT2D eigenvalue weighted by Gasteiger charge is 2.16. The number of aromatic nitrogens is 3. The van der Waals surface area contributed by atoms with Crippen molar-refractivity contribution in [2.24, 2.45) is 0 Å². The summed E-state index contributed by atoms with van der Waals surface area (Å²) in [7, 11) is 1.61. The van der Waals surface area contributed by atoms with E-state index in [2.05, 4.69) is 15.4 Å². The molecule has 0 bridgehead atoms. The number of nitrogens with one attached hydrogen (secondary N) is 1. The van der Waals surface area contributed by atoms with Crippen LogP contribution in [0.25, 0.3) is 17.1 Å². The molecule has 0 fully saturated rings. The molecule has 158 valence electrons. The highest BCUT2D eigenvalue weighted by atomic mass is 16.5. The molecule has 4 aromatic rings. The van der Waals surface area contributed by atoms with Gasteiger partial charge < -0.3 is 19.2 Å². The second kappa shape index (κ2) is 9.27. The Morgan fingerprint density at radius 3 is 2.68 bits per heavy atom. The van der Waals surface area contributed by atoms with Crippen molar-refractivity contribution in [1.82, 2.24) is 14.8 Å². The maximum absolute atomic E-state index is 12.3. The molecule has 2 heterocycles. The van der Waals surface area contributed by atoms with Gasteiger partial charge in [0.05, 0.1) is 18.6 Å². The molecule has 0 aliphatic rings. The third kappa shape index (κ3) is 4.81. The molecule has 0 aliphatic heterocycles. The van der Waals surface area contributed by atoms with Crippen molar-refractivity contribution in [2.45, 2.75) is 6.92 Å². The molecular formula is C23H22N4O4. The number of nitrogens with zero attached hydrogens (tertiary/aromatic N) is 3. The minimum atomic E-state index is -0.330. The van der Waals surface area contributed by atoms with E-state index in [1.54, 1.807) is 30.0 Å². The Bertz CT molecular complexity index is 1150. The molecule has 2 aromatic heterocycles. The van der Waals surface area contributed by atoms with Gasteiger partial charge in [0.15, 0.2) is 11.6 Å². The van der Waals surface area contributed by atoms with E-state index in [9.17, 15) is 4.79 Å². The van der Waals surface area contributed by atoms with E-state index in [-0.39, 0.29) is 17.7 Å². The minimum Gasteiger partial charge on any atom is -0.460 e. The number of carbonyl (C=O) groups is 1. The number of hydrogen-bond acceptors (Lipinski definition) is 6. The summed E-state index contributed by atoms with van der Waals surface area (Å²) in [6.07, 6.45) is 1.46. The maximum Gasteiger partial charge on any atom is 0.336 e. The molecule has 0 unspecified atom stereocenters. The first-order valence-corrected chi connectivity index (χ1v) is 9.75. The monoisotopic (exact) mass is 418 g/mol. The average molecular weight is 418 g/mol. The molecule has 2 aromatic carbocycles. The van der Waals surface area contributed by atoms with E-state index >= 15 is 0 Å². The lowest BCUT2D eigenvalue weighted by Gasteiger charge is -2.09. The van der Waals surface area contributed by atoms with Gasteiger partial charge in [-0.3, -0.25) is 4.79 Å². The third-order valence-corrected chi connectivity index (χ3v) is 4.51. The van der Waals surface area contributed by atoms with Crippen LogP contribution in [-0.2, 0) is 4.74 Å². The van der Waals surface area contributed by atoms with Crippen molar-refractivity contribution >= 4 is 11.6 Å². The van der Waals surface area contributed by atoms with Gasteiger partial charge in [0, 0.05) is 18.4 Å². The largest absolute Gasteiger partial charge is 0.460 e. The predicted molar refractivity (Wildman–Crippen MR) is 116 cm³/mol. The van der Waals surface area contributed by atoms with Crippen molar-refractivity contribution < 1.29 is 18.7 Å². The number of benzene rings is 2. The van der Waals surface area contributed by atoms with Crippen LogP contribution in [0.15, 0.2) is 71.3 Å². The normalized spacial score (nSPS) is 10.8. The molecular weight excluding hydrogens is 396 g/mol. The number of hydrogen-bond donors (Lipinski definition) is 1. The number of anilines is 1. The molecule has 0 spiro atoms. The van der Waals surface area contributed by atoms with E-state index < -0.39 is 0 Å². The topological polar surface area (TPSA) is 91.4 Å². The first-order valence-electron chi connectivity index (χ1n) is 9.75. The number of carbonyl (C=O) groups excluding carboxylic acids is 1. The van der Waals surface area contributed by atoms with Crippen molar-refractivity contribution in [3.8, 4) is 23.1 Å². The number of methoxy groups -OCH3 is 1. The van der Waals surface area contributed by atoms with Crippen molar-refractivity contribution in [3.05, 3.63) is 78.3 Å². The summed E-state index contributed by atoms with van der Waals surface area (Å²) in [4.78, 5) is 16.9. The summed E-state index contributed by atoms with van der Waals surface area (Å²) in [6, 6.07) is 18.8. The number of ether oxygens (including phenoxy) is 2. The van der Waals surface area contributed by atoms with Gasteiger partial charge in [-0.15, -0.1) is 5.10 Å². The fourth-order valence-corrected chi connectivity index (χ4v) is 2.96. The first kappa shape index (κ1) is 20.4. The van der Waals surface area contributed by atoms with E-state index in [0.717, 1.165) is 16.8 Å². The zero-order valence-corrected chi connectivity index (χ0v) is 17.2. The summed E-state index contributed by atoms with van der Waals surface area (Å²) in [5.41, 5.74) is 3.37. The van der Waals surface area contributed by atoms with Gasteiger partial charge in [-0.25, -0.2) is 4.68 Å². The summed E-state index contributed by atoms with van der Waals surface area (Å²) in [5.74, 6) is 0.533. The third-order valence-electron chi connectivity index (χ3n) is 4.51. The van der Waals surface area contributed by atoms with Gasteiger partial charge in [-0.1, -0.05) is 35.9 Å². The number of rotatable bonds is 8. The fourth-order valence-electron chi connectivity index (χ4n) is 2.96. The summed E-state index contributed by atoms with van der Waals surface area (Å²) in [6.45, 7) is 2.80. The highest BCUT2D eigenvalue weighted by molar-refractivity contribution is 6.02. The van der Waals surface area contributed by atoms with Crippen LogP contribution in [0.3, 0.4) is 0 Å². The second-order valence-corrected chi connectivity index (χ2v) is 6.82. The lowest BCUT2D eigenvalue weighted by Crippen LogP contribution is -2.11. The number of furan rings is 1. The van der Waals surface area contributed by atoms with Crippen LogP contribution in [0.1, 0.15) is 16.1 Å². The van der Waals surface area contributed by atoms with Crippen molar-refractivity contribution in [2.75, 3.05) is 25.6 Å². The number of aryl methyl sites for hydroxylation is 1. The van der Waals surface area contributed by atoms with Crippen LogP contribution in [0.5, 0.6) is 6.01 Å². The number of amides is 1. The van der Waals surface area contributed by atoms with Crippen LogP contribution in [0.2, 0.25) is 0 Å². The Labute approximate surface area is 179 Å². The Balaban J connectivity index is 1.67. The average Bonchev–Trinajstić information content (AvgIpc) is 3.45. The van der Waals surface area contributed by atoms with E-state index in [1.807, 2.05) is 49.4 Å². The fraction of sp³-hybridized carbons (Fsp3) is 0.174. The Hall–Kier alpha value is -3.91.